The average Bonchev–Trinajstić information content (AvgIpc) is 2.85. The van der Waals surface area contributed by atoms with Gasteiger partial charge < -0.3 is 0 Å². The molecule has 1 heterocycles. The first-order chi connectivity index (χ1) is 6.34. The monoisotopic (exact) mass is 191 g/mol. The second-order valence-electron chi connectivity index (χ2n) is 3.44. The zero-order valence-corrected chi connectivity index (χ0v) is 8.60. The van der Waals surface area contributed by atoms with Crippen LogP contribution in [0.25, 0.3) is 12.2 Å². The molecule has 2 unspecified atom stereocenters. The summed E-state index contributed by atoms with van der Waals surface area (Å²) in [7, 11) is 0. The predicted molar refractivity (Wildman–Crippen MR) is 57.9 cm³/mol. The maximum Gasteiger partial charge on any atom is 0.0586 e. The van der Waals surface area contributed by atoms with Crippen LogP contribution in [0.1, 0.15) is 12.1 Å². The minimum Gasteiger partial charge on any atom is -0.197 e. The lowest BCUT2D eigenvalue weighted by Crippen LogP contribution is -2.23. The lowest BCUT2D eigenvalue weighted by molar-refractivity contribution is 1.06. The fourth-order valence-corrected chi connectivity index (χ4v) is 2.63. The summed E-state index contributed by atoms with van der Waals surface area (Å²) in [6.07, 6.45) is 6.17. The van der Waals surface area contributed by atoms with Gasteiger partial charge in [0, 0.05) is 5.22 Å². The van der Waals surface area contributed by atoms with Gasteiger partial charge in [-0.3, -0.25) is 0 Å². The van der Waals surface area contributed by atoms with E-state index in [4.69, 9.17) is 0 Å². The Labute approximate surface area is 82.3 Å². The number of aromatic nitrogens is 1. The van der Waals surface area contributed by atoms with E-state index in [1.54, 1.807) is 11.5 Å². The summed E-state index contributed by atoms with van der Waals surface area (Å²) in [6.45, 7) is 8.10. The van der Waals surface area contributed by atoms with Gasteiger partial charge >= 0.3 is 0 Å². The quantitative estimate of drug-likeness (QED) is 0.566. The van der Waals surface area contributed by atoms with E-state index in [-0.39, 0.29) is 0 Å². The Morgan fingerprint density at radius 2 is 2.08 bits per heavy atom. The maximum atomic E-state index is 4.33. The largest absolute Gasteiger partial charge is 0.197 e. The van der Waals surface area contributed by atoms with Crippen molar-refractivity contribution in [2.45, 2.75) is 13.3 Å². The van der Waals surface area contributed by atoms with E-state index in [2.05, 4.69) is 36.6 Å². The summed E-state index contributed by atoms with van der Waals surface area (Å²) in [5, 5.41) is 1.41. The molecule has 2 atom stereocenters. The Kier molecular flexibility index (Phi) is 2.08. The number of rotatable bonds is 0. The van der Waals surface area contributed by atoms with Gasteiger partial charge in [0.1, 0.15) is 0 Å². The Morgan fingerprint density at radius 3 is 2.85 bits per heavy atom. The van der Waals surface area contributed by atoms with Crippen molar-refractivity contribution in [3.63, 3.8) is 0 Å². The van der Waals surface area contributed by atoms with E-state index in [1.165, 1.54) is 21.9 Å². The summed E-state index contributed by atoms with van der Waals surface area (Å²) in [5.74, 6) is 1.72. The fourth-order valence-electron chi connectivity index (χ4n) is 1.74. The molecule has 2 aliphatic carbocycles. The Bertz CT molecular complexity index is 429. The molecule has 2 aliphatic rings. The van der Waals surface area contributed by atoms with Crippen molar-refractivity contribution in [3.05, 3.63) is 28.6 Å². The van der Waals surface area contributed by atoms with Crippen molar-refractivity contribution in [2.24, 2.45) is 11.8 Å². The third-order valence-electron chi connectivity index (χ3n) is 2.57. The van der Waals surface area contributed by atoms with Crippen LogP contribution in [0.4, 0.5) is 0 Å². The third-order valence-corrected chi connectivity index (χ3v) is 3.49. The van der Waals surface area contributed by atoms with Gasteiger partial charge in [-0.1, -0.05) is 12.2 Å². The van der Waals surface area contributed by atoms with Crippen molar-refractivity contribution in [1.29, 1.82) is 0 Å². The number of hydrogen-bond acceptors (Lipinski definition) is 2. The highest BCUT2D eigenvalue weighted by Gasteiger charge is 2.35. The van der Waals surface area contributed by atoms with E-state index in [9.17, 15) is 0 Å². The van der Waals surface area contributed by atoms with E-state index < -0.39 is 0 Å². The first kappa shape index (κ1) is 8.70. The van der Waals surface area contributed by atoms with Gasteiger partial charge in [0.2, 0.25) is 0 Å². The van der Waals surface area contributed by atoms with Crippen LogP contribution < -0.4 is 9.75 Å². The fraction of sp³-hybridized carbons (Fsp3) is 0.364. The number of hydrogen-bond donors (Lipinski definition) is 0. The van der Waals surface area contributed by atoms with Crippen molar-refractivity contribution in [1.82, 2.24) is 4.37 Å². The van der Waals surface area contributed by atoms with Gasteiger partial charge in [0.05, 0.1) is 10.2 Å². The molecule has 0 saturated heterocycles. The molecule has 13 heavy (non-hydrogen) atoms. The summed E-state index contributed by atoms with van der Waals surface area (Å²) >= 11 is 1.65. The molecule has 1 aromatic heterocycles. The van der Waals surface area contributed by atoms with Crippen LogP contribution in [-0.2, 0) is 0 Å². The van der Waals surface area contributed by atoms with E-state index in [0.717, 1.165) is 11.8 Å². The van der Waals surface area contributed by atoms with Crippen molar-refractivity contribution < 1.29 is 0 Å². The molecule has 2 heteroatoms. The SMILES string of the molecule is C=C.Cc1nsc2c1=CC1CC1C=2. The van der Waals surface area contributed by atoms with Crippen molar-refractivity contribution in [3.8, 4) is 0 Å². The number of aryl methyl sites for hydroxylation is 1. The summed E-state index contributed by atoms with van der Waals surface area (Å²) < 4.78 is 5.74. The van der Waals surface area contributed by atoms with Crippen molar-refractivity contribution >= 4 is 23.7 Å². The average molecular weight is 191 g/mol. The summed E-state index contributed by atoms with van der Waals surface area (Å²) in [6, 6.07) is 0. The molecule has 1 nitrogen and oxygen atoms in total. The smallest absolute Gasteiger partial charge is 0.0586 e. The molecule has 0 amide bonds. The van der Waals surface area contributed by atoms with Gasteiger partial charge in [-0.2, -0.15) is 4.37 Å². The van der Waals surface area contributed by atoms with Crippen molar-refractivity contribution in [2.75, 3.05) is 0 Å². The lowest BCUT2D eigenvalue weighted by atomic mass is 10.1. The molecule has 0 radical (unpaired) electrons. The highest BCUT2D eigenvalue weighted by molar-refractivity contribution is 7.03. The molecular formula is C11H13NS. The third kappa shape index (κ3) is 1.35. The highest BCUT2D eigenvalue weighted by Crippen LogP contribution is 2.42. The second kappa shape index (κ2) is 3.11. The molecule has 0 spiro atoms. The van der Waals surface area contributed by atoms with Crippen LogP contribution in [0.3, 0.4) is 0 Å². The predicted octanol–water partition coefficient (Wildman–Crippen LogP) is 1.46. The van der Waals surface area contributed by atoms with Gasteiger partial charge in [0.15, 0.2) is 0 Å². The molecule has 0 aliphatic heterocycles. The molecule has 0 aromatic carbocycles. The van der Waals surface area contributed by atoms with Gasteiger partial charge in [-0.25, -0.2) is 0 Å². The minimum atomic E-state index is 0.859. The molecule has 68 valence electrons. The van der Waals surface area contributed by atoms with Gasteiger partial charge in [-0.05, 0) is 36.7 Å². The minimum absolute atomic E-state index is 0.859. The van der Waals surface area contributed by atoms with Crippen LogP contribution in [0.5, 0.6) is 0 Å². The van der Waals surface area contributed by atoms with E-state index in [1.807, 2.05) is 0 Å². The Hall–Kier alpha value is -0.890. The normalized spacial score (nSPS) is 26.8. The molecule has 1 saturated carbocycles. The summed E-state index contributed by atoms with van der Waals surface area (Å²) in [4.78, 5) is 0. The van der Waals surface area contributed by atoms with Gasteiger partial charge in [-0.15, -0.1) is 13.2 Å². The molecular weight excluding hydrogens is 178 g/mol. The van der Waals surface area contributed by atoms with Crippen LogP contribution in [0, 0.1) is 18.8 Å². The first-order valence-corrected chi connectivity index (χ1v) is 5.28. The Balaban J connectivity index is 0.000000308. The van der Waals surface area contributed by atoms with E-state index in [0.29, 0.717) is 0 Å². The molecule has 1 aromatic rings. The van der Waals surface area contributed by atoms with Crippen LogP contribution >= 0.6 is 11.5 Å². The zero-order chi connectivity index (χ0) is 9.42. The molecule has 1 fully saturated rings. The molecule has 0 bridgehead atoms. The molecule has 3 rings (SSSR count). The van der Waals surface area contributed by atoms with Gasteiger partial charge in [0.25, 0.3) is 0 Å². The zero-order valence-electron chi connectivity index (χ0n) is 7.79. The summed E-state index contributed by atoms with van der Waals surface area (Å²) in [5.41, 5.74) is 1.21. The highest BCUT2D eigenvalue weighted by atomic mass is 32.1. The molecule has 0 N–H and O–H groups in total. The van der Waals surface area contributed by atoms with E-state index >= 15 is 0 Å². The van der Waals surface area contributed by atoms with Crippen LogP contribution in [-0.4, -0.2) is 4.37 Å². The number of nitrogens with zero attached hydrogens (tertiary/aromatic N) is 1. The van der Waals surface area contributed by atoms with Crippen LogP contribution in [0.2, 0.25) is 0 Å². The first-order valence-electron chi connectivity index (χ1n) is 4.50. The van der Waals surface area contributed by atoms with Crippen LogP contribution in [0.15, 0.2) is 13.2 Å². The lowest BCUT2D eigenvalue weighted by Gasteiger charge is -1.91. The number of fused-ring (bicyclic) bond motifs is 2. The maximum absolute atomic E-state index is 4.33. The topological polar surface area (TPSA) is 12.9 Å². The standard InChI is InChI=1S/C9H9NS.C2H4/c1-5-8-3-6-2-7(6)4-9(8)11-10-5;1-2/h3-4,6-7H,2H2,1H3;1-2H2. The Morgan fingerprint density at radius 1 is 1.38 bits per heavy atom. The second-order valence-corrected chi connectivity index (χ2v) is 4.25.